The average molecular weight is 497 g/mol. The number of nitrogens with zero attached hydrogens (tertiary/aromatic N) is 1. The van der Waals surface area contributed by atoms with Gasteiger partial charge in [0, 0.05) is 11.1 Å². The maximum absolute atomic E-state index is 13.3. The predicted molar refractivity (Wildman–Crippen MR) is 136 cm³/mol. The largest absolute Gasteiger partial charge is 0.489 e. The van der Waals surface area contributed by atoms with Gasteiger partial charge in [0.1, 0.15) is 17.7 Å². The zero-order valence-corrected chi connectivity index (χ0v) is 20.2. The highest BCUT2D eigenvalue weighted by Crippen LogP contribution is 2.29. The summed E-state index contributed by atoms with van der Waals surface area (Å²) >= 11 is 7.45. The maximum Gasteiger partial charge on any atom is 0.259 e. The van der Waals surface area contributed by atoms with Gasteiger partial charge in [0.05, 0.1) is 21.8 Å². The summed E-state index contributed by atoms with van der Waals surface area (Å²) in [6.45, 7) is 1.78. The van der Waals surface area contributed by atoms with E-state index in [1.165, 1.54) is 6.20 Å². The van der Waals surface area contributed by atoms with Crippen molar-refractivity contribution in [3.05, 3.63) is 76.9 Å². The molecule has 0 bridgehead atoms. The molecule has 7 nitrogen and oxygen atoms in total. The maximum atomic E-state index is 13.3. The van der Waals surface area contributed by atoms with Crippen LogP contribution in [0.3, 0.4) is 0 Å². The Morgan fingerprint density at radius 1 is 1.03 bits per heavy atom. The molecule has 1 saturated heterocycles. The van der Waals surface area contributed by atoms with Gasteiger partial charge in [0.2, 0.25) is 0 Å². The summed E-state index contributed by atoms with van der Waals surface area (Å²) in [6.07, 6.45) is 5.24. The number of nitrogens with one attached hydrogen (secondary N) is 3. The van der Waals surface area contributed by atoms with E-state index >= 15 is 0 Å². The van der Waals surface area contributed by atoms with Crippen molar-refractivity contribution in [2.45, 2.75) is 23.8 Å². The molecule has 4 rings (SSSR count). The molecule has 1 aromatic heterocycles. The third-order valence-corrected chi connectivity index (χ3v) is 6.35. The van der Waals surface area contributed by atoms with E-state index in [0.717, 1.165) is 30.8 Å². The van der Waals surface area contributed by atoms with Crippen LogP contribution in [0.5, 0.6) is 5.75 Å². The monoisotopic (exact) mass is 496 g/mol. The second-order valence-corrected chi connectivity index (χ2v) is 9.06. The predicted octanol–water partition coefficient (Wildman–Crippen LogP) is 5.09. The molecule has 176 valence electrons. The summed E-state index contributed by atoms with van der Waals surface area (Å²) in [4.78, 5) is 31.3. The first-order valence-electron chi connectivity index (χ1n) is 10.9. The van der Waals surface area contributed by atoms with Crippen molar-refractivity contribution in [2.24, 2.45) is 0 Å². The summed E-state index contributed by atoms with van der Waals surface area (Å²) in [5.74, 6) is 0.167. The molecular formula is C25H25ClN4O3S. The number of benzene rings is 2. The Balaban J connectivity index is 1.54. The van der Waals surface area contributed by atoms with E-state index in [9.17, 15) is 9.59 Å². The second kappa shape index (κ2) is 11.4. The Labute approximate surface area is 207 Å². The molecule has 1 aliphatic rings. The van der Waals surface area contributed by atoms with Crippen molar-refractivity contribution in [3.63, 3.8) is 0 Å². The van der Waals surface area contributed by atoms with Crippen molar-refractivity contribution in [1.82, 2.24) is 10.3 Å². The highest BCUT2D eigenvalue weighted by molar-refractivity contribution is 7.98. The number of carbonyl (C=O) groups excluding carboxylic acids is 2. The zero-order valence-electron chi connectivity index (χ0n) is 18.6. The molecule has 0 aliphatic carbocycles. The minimum atomic E-state index is -0.394. The Bertz CT molecular complexity index is 1170. The van der Waals surface area contributed by atoms with E-state index in [4.69, 9.17) is 16.3 Å². The molecule has 3 aromatic rings. The summed E-state index contributed by atoms with van der Waals surface area (Å²) in [5.41, 5.74) is 1.13. The van der Waals surface area contributed by atoms with E-state index in [0.29, 0.717) is 33.4 Å². The molecule has 2 aromatic carbocycles. The standard InChI is InChI=1S/C25H25ClN4O3S/c1-34-18-7-8-20(22(14-18)33-17-10-12-27-13-11-17)25(32)29-21-5-3-2-4-19(21)24(31)30-23-9-6-16(26)15-28-23/h2-9,14-15,17,27H,10-13H2,1H3,(H,29,32)(H,28,30,31). The van der Waals surface area contributed by atoms with Gasteiger partial charge in [0.15, 0.2) is 0 Å². The van der Waals surface area contributed by atoms with Gasteiger partial charge in [-0.05, 0) is 74.7 Å². The molecule has 0 unspecified atom stereocenters. The van der Waals surface area contributed by atoms with Crippen LogP contribution in [0.15, 0.2) is 65.7 Å². The van der Waals surface area contributed by atoms with Crippen LogP contribution in [0.25, 0.3) is 0 Å². The van der Waals surface area contributed by atoms with Gasteiger partial charge in [-0.25, -0.2) is 4.98 Å². The molecule has 3 N–H and O–H groups in total. The fraction of sp³-hybridized carbons (Fsp3) is 0.240. The van der Waals surface area contributed by atoms with Crippen LogP contribution in [-0.4, -0.2) is 42.2 Å². The number of hydrogen-bond acceptors (Lipinski definition) is 6. The molecular weight excluding hydrogens is 472 g/mol. The number of aromatic nitrogens is 1. The molecule has 1 aliphatic heterocycles. The van der Waals surface area contributed by atoms with Gasteiger partial charge < -0.3 is 20.7 Å². The lowest BCUT2D eigenvalue weighted by atomic mass is 10.1. The van der Waals surface area contributed by atoms with Crippen molar-refractivity contribution >= 4 is 46.7 Å². The molecule has 0 spiro atoms. The van der Waals surface area contributed by atoms with E-state index in [1.54, 1.807) is 54.2 Å². The average Bonchev–Trinajstić information content (AvgIpc) is 2.86. The molecule has 1 fully saturated rings. The number of halogens is 1. The highest BCUT2D eigenvalue weighted by Gasteiger charge is 2.21. The lowest BCUT2D eigenvalue weighted by molar-refractivity contribution is 0.101. The molecule has 2 amide bonds. The van der Waals surface area contributed by atoms with Crippen LogP contribution in [0.4, 0.5) is 11.5 Å². The third-order valence-electron chi connectivity index (χ3n) is 5.40. The van der Waals surface area contributed by atoms with Gasteiger partial charge >= 0.3 is 0 Å². The number of pyridine rings is 1. The van der Waals surface area contributed by atoms with E-state index < -0.39 is 5.91 Å². The fourth-order valence-corrected chi connectivity index (χ4v) is 4.16. The van der Waals surface area contributed by atoms with Crippen LogP contribution < -0.4 is 20.7 Å². The van der Waals surface area contributed by atoms with E-state index in [2.05, 4.69) is 20.9 Å². The van der Waals surface area contributed by atoms with Gasteiger partial charge in [-0.3, -0.25) is 9.59 Å². The van der Waals surface area contributed by atoms with Crippen LogP contribution >= 0.6 is 23.4 Å². The number of anilines is 2. The van der Waals surface area contributed by atoms with Crippen LogP contribution in [-0.2, 0) is 0 Å². The van der Waals surface area contributed by atoms with Crippen molar-refractivity contribution in [3.8, 4) is 5.75 Å². The third kappa shape index (κ3) is 6.08. The van der Waals surface area contributed by atoms with Crippen LogP contribution in [0.2, 0.25) is 5.02 Å². The minimum absolute atomic E-state index is 0.0508. The molecule has 2 heterocycles. The van der Waals surface area contributed by atoms with Gasteiger partial charge in [-0.2, -0.15) is 0 Å². The minimum Gasteiger partial charge on any atom is -0.489 e. The lowest BCUT2D eigenvalue weighted by Gasteiger charge is -2.25. The smallest absolute Gasteiger partial charge is 0.259 e. The Kier molecular flexibility index (Phi) is 8.05. The van der Waals surface area contributed by atoms with Crippen molar-refractivity contribution < 1.29 is 14.3 Å². The van der Waals surface area contributed by atoms with Gasteiger partial charge in [-0.1, -0.05) is 23.7 Å². The quantitative estimate of drug-likeness (QED) is 0.394. The number of ether oxygens (including phenoxy) is 1. The Morgan fingerprint density at radius 2 is 1.79 bits per heavy atom. The lowest BCUT2D eigenvalue weighted by Crippen LogP contribution is -2.34. The second-order valence-electron chi connectivity index (χ2n) is 7.74. The number of para-hydroxylation sites is 1. The molecule has 34 heavy (non-hydrogen) atoms. The first kappa shape index (κ1) is 24.1. The van der Waals surface area contributed by atoms with E-state index in [1.807, 2.05) is 18.4 Å². The number of amides is 2. The number of carbonyl (C=O) groups is 2. The van der Waals surface area contributed by atoms with Gasteiger partial charge in [0.25, 0.3) is 11.8 Å². The number of rotatable bonds is 7. The first-order chi connectivity index (χ1) is 16.5. The van der Waals surface area contributed by atoms with Crippen LogP contribution in [0, 0.1) is 0 Å². The fourth-order valence-electron chi connectivity index (χ4n) is 3.62. The SMILES string of the molecule is CSc1ccc(C(=O)Nc2ccccc2C(=O)Nc2ccc(Cl)cn2)c(OC2CCNCC2)c1. The topological polar surface area (TPSA) is 92.4 Å². The summed E-state index contributed by atoms with van der Waals surface area (Å²) in [5, 5.41) is 9.39. The number of hydrogen-bond donors (Lipinski definition) is 3. The normalized spacial score (nSPS) is 13.8. The van der Waals surface area contributed by atoms with Crippen LogP contribution in [0.1, 0.15) is 33.6 Å². The number of thioether (sulfide) groups is 1. The molecule has 9 heteroatoms. The molecule has 0 saturated carbocycles. The zero-order chi connectivity index (χ0) is 23.9. The van der Waals surface area contributed by atoms with E-state index in [-0.39, 0.29) is 12.0 Å². The summed E-state index contributed by atoms with van der Waals surface area (Å²) in [7, 11) is 0. The highest BCUT2D eigenvalue weighted by atomic mass is 35.5. The summed E-state index contributed by atoms with van der Waals surface area (Å²) < 4.78 is 6.24. The van der Waals surface area contributed by atoms with Crippen molar-refractivity contribution in [1.29, 1.82) is 0 Å². The number of piperidine rings is 1. The Morgan fingerprint density at radius 3 is 2.53 bits per heavy atom. The summed E-state index contributed by atoms with van der Waals surface area (Å²) in [6, 6.07) is 15.6. The Hall–Kier alpha value is -3.07. The first-order valence-corrected chi connectivity index (χ1v) is 12.5. The molecule has 0 atom stereocenters. The van der Waals surface area contributed by atoms with Crippen molar-refractivity contribution in [2.75, 3.05) is 30.0 Å². The van der Waals surface area contributed by atoms with Gasteiger partial charge in [-0.15, -0.1) is 11.8 Å². The molecule has 0 radical (unpaired) electrons.